The first-order valence-electron chi connectivity index (χ1n) is 8.02. The third-order valence-electron chi connectivity index (χ3n) is 4.58. The molecule has 1 aliphatic carbocycles. The van der Waals surface area contributed by atoms with Crippen LogP contribution in [0, 0.1) is 17.8 Å². The molecule has 0 spiro atoms. The van der Waals surface area contributed by atoms with E-state index in [0.29, 0.717) is 6.04 Å². The highest BCUT2D eigenvalue weighted by Gasteiger charge is 2.28. The van der Waals surface area contributed by atoms with E-state index in [1.165, 1.54) is 31.2 Å². The summed E-state index contributed by atoms with van der Waals surface area (Å²) in [6, 6.07) is 8.98. The van der Waals surface area contributed by atoms with E-state index in [2.05, 4.69) is 44.3 Å². The van der Waals surface area contributed by atoms with Crippen molar-refractivity contribution in [1.29, 1.82) is 0 Å². The molecule has 0 amide bonds. The lowest BCUT2D eigenvalue weighted by atomic mass is 9.72. The molecule has 3 atom stereocenters. The van der Waals surface area contributed by atoms with Gasteiger partial charge in [0.15, 0.2) is 0 Å². The first kappa shape index (κ1) is 15.9. The van der Waals surface area contributed by atoms with Crippen molar-refractivity contribution >= 4 is 11.6 Å². The predicted molar refractivity (Wildman–Crippen MR) is 88.3 cm³/mol. The molecule has 1 N–H and O–H groups in total. The molecule has 3 unspecified atom stereocenters. The minimum atomic E-state index is 0.584. The van der Waals surface area contributed by atoms with Crippen LogP contribution in [0.25, 0.3) is 0 Å². The molecule has 0 aromatic heterocycles. The molecule has 0 radical (unpaired) electrons. The van der Waals surface area contributed by atoms with Crippen LogP contribution in [-0.4, -0.2) is 12.6 Å². The van der Waals surface area contributed by atoms with Crippen LogP contribution >= 0.6 is 11.6 Å². The lowest BCUT2D eigenvalue weighted by Crippen LogP contribution is -2.36. The van der Waals surface area contributed by atoms with Crippen LogP contribution in [0.15, 0.2) is 24.3 Å². The van der Waals surface area contributed by atoms with Gasteiger partial charge in [0.25, 0.3) is 0 Å². The maximum absolute atomic E-state index is 6.12. The summed E-state index contributed by atoms with van der Waals surface area (Å²) in [7, 11) is 0. The molecule has 0 heterocycles. The van der Waals surface area contributed by atoms with E-state index in [-0.39, 0.29) is 0 Å². The summed E-state index contributed by atoms with van der Waals surface area (Å²) in [5.41, 5.74) is 1.39. The summed E-state index contributed by atoms with van der Waals surface area (Å²) in [6.45, 7) is 8.03. The van der Waals surface area contributed by atoms with Gasteiger partial charge in [-0.25, -0.2) is 0 Å². The number of halogens is 1. The molecular weight excluding hydrogens is 266 g/mol. The van der Waals surface area contributed by atoms with Crippen LogP contribution in [-0.2, 0) is 6.42 Å². The summed E-state index contributed by atoms with van der Waals surface area (Å²) in [5.74, 6) is 2.48. The summed E-state index contributed by atoms with van der Waals surface area (Å²) in [4.78, 5) is 0. The van der Waals surface area contributed by atoms with E-state index in [0.717, 1.165) is 29.3 Å². The fraction of sp³-hybridized carbons (Fsp3) is 0.667. The van der Waals surface area contributed by atoms with Crippen molar-refractivity contribution in [2.24, 2.45) is 17.8 Å². The number of nitrogens with one attached hydrogen (secondary N) is 1. The fourth-order valence-corrected chi connectivity index (χ4v) is 3.65. The molecule has 0 saturated heterocycles. The van der Waals surface area contributed by atoms with Crippen molar-refractivity contribution in [3.05, 3.63) is 34.9 Å². The lowest BCUT2D eigenvalue weighted by Gasteiger charge is -2.35. The van der Waals surface area contributed by atoms with Gasteiger partial charge in [0.2, 0.25) is 0 Å². The maximum atomic E-state index is 6.12. The normalized spacial score (nSPS) is 26.9. The van der Waals surface area contributed by atoms with Crippen molar-refractivity contribution in [3.8, 4) is 0 Å². The zero-order chi connectivity index (χ0) is 14.5. The Morgan fingerprint density at radius 1 is 1.25 bits per heavy atom. The third kappa shape index (κ3) is 4.79. The van der Waals surface area contributed by atoms with E-state index in [9.17, 15) is 0 Å². The average Bonchev–Trinajstić information content (AvgIpc) is 2.37. The van der Waals surface area contributed by atoms with E-state index < -0.39 is 0 Å². The van der Waals surface area contributed by atoms with Crippen molar-refractivity contribution in [2.45, 2.75) is 52.5 Å². The summed E-state index contributed by atoms with van der Waals surface area (Å²) in [6.07, 6.45) is 5.29. The SMILES string of the molecule is CC1CCC(CNC(C)C)C(Cc2cccc(Cl)c2)C1. The smallest absolute Gasteiger partial charge is 0.0408 e. The van der Waals surface area contributed by atoms with Gasteiger partial charge >= 0.3 is 0 Å². The Kier molecular flexibility index (Phi) is 5.92. The largest absolute Gasteiger partial charge is 0.314 e. The van der Waals surface area contributed by atoms with Crippen LogP contribution in [0.3, 0.4) is 0 Å². The number of hydrogen-bond acceptors (Lipinski definition) is 1. The van der Waals surface area contributed by atoms with Gasteiger partial charge in [0.1, 0.15) is 0 Å². The highest BCUT2D eigenvalue weighted by atomic mass is 35.5. The topological polar surface area (TPSA) is 12.0 Å². The molecule has 2 heteroatoms. The van der Waals surface area contributed by atoms with E-state index in [1.807, 2.05) is 6.07 Å². The van der Waals surface area contributed by atoms with Crippen LogP contribution in [0.2, 0.25) is 5.02 Å². The number of hydrogen-bond donors (Lipinski definition) is 1. The Morgan fingerprint density at radius 2 is 2.05 bits per heavy atom. The van der Waals surface area contributed by atoms with E-state index >= 15 is 0 Å². The van der Waals surface area contributed by atoms with Gasteiger partial charge in [-0.15, -0.1) is 0 Å². The third-order valence-corrected chi connectivity index (χ3v) is 4.81. The molecular formula is C18H28ClN. The quantitative estimate of drug-likeness (QED) is 0.811. The van der Waals surface area contributed by atoms with Gasteiger partial charge < -0.3 is 5.32 Å². The second-order valence-electron chi connectivity index (χ2n) is 6.84. The Morgan fingerprint density at radius 3 is 2.75 bits per heavy atom. The molecule has 2 rings (SSSR count). The second-order valence-corrected chi connectivity index (χ2v) is 7.27. The first-order chi connectivity index (χ1) is 9.54. The Labute approximate surface area is 129 Å². The predicted octanol–water partition coefficient (Wildman–Crippen LogP) is 4.93. The molecule has 1 aliphatic rings. The standard InChI is InChI=1S/C18H28ClN/c1-13(2)20-12-16-8-7-14(3)9-17(16)10-15-5-4-6-18(19)11-15/h4-6,11,13-14,16-17,20H,7-10,12H2,1-3H3. The minimum absolute atomic E-state index is 0.584. The van der Waals surface area contributed by atoms with Crippen molar-refractivity contribution in [3.63, 3.8) is 0 Å². The van der Waals surface area contributed by atoms with Gasteiger partial charge in [-0.05, 0) is 61.3 Å². The number of benzene rings is 1. The molecule has 1 aromatic rings. The number of rotatable bonds is 5. The average molecular weight is 294 g/mol. The van der Waals surface area contributed by atoms with E-state index in [1.54, 1.807) is 0 Å². The zero-order valence-electron chi connectivity index (χ0n) is 13.0. The van der Waals surface area contributed by atoms with Crippen molar-refractivity contribution < 1.29 is 0 Å². The molecule has 20 heavy (non-hydrogen) atoms. The molecule has 112 valence electrons. The molecule has 0 aliphatic heterocycles. The summed E-state index contributed by atoms with van der Waals surface area (Å²) >= 11 is 6.12. The van der Waals surface area contributed by atoms with Crippen LogP contribution in [0.4, 0.5) is 0 Å². The van der Waals surface area contributed by atoms with Crippen molar-refractivity contribution in [1.82, 2.24) is 5.32 Å². The Balaban J connectivity index is 2.00. The minimum Gasteiger partial charge on any atom is -0.314 e. The molecule has 0 bridgehead atoms. The van der Waals surface area contributed by atoms with Crippen LogP contribution in [0.5, 0.6) is 0 Å². The van der Waals surface area contributed by atoms with Crippen LogP contribution in [0.1, 0.15) is 45.6 Å². The fourth-order valence-electron chi connectivity index (χ4n) is 3.43. The first-order valence-corrected chi connectivity index (χ1v) is 8.40. The second kappa shape index (κ2) is 7.47. The van der Waals surface area contributed by atoms with Gasteiger partial charge in [-0.1, -0.05) is 50.9 Å². The van der Waals surface area contributed by atoms with Gasteiger partial charge in [-0.3, -0.25) is 0 Å². The Bertz CT molecular complexity index is 416. The summed E-state index contributed by atoms with van der Waals surface area (Å²) < 4.78 is 0. The molecule has 1 fully saturated rings. The summed E-state index contributed by atoms with van der Waals surface area (Å²) in [5, 5.41) is 4.50. The van der Waals surface area contributed by atoms with Crippen LogP contribution < -0.4 is 5.32 Å². The molecule has 1 saturated carbocycles. The van der Waals surface area contributed by atoms with E-state index in [4.69, 9.17) is 11.6 Å². The van der Waals surface area contributed by atoms with Gasteiger partial charge in [0, 0.05) is 11.1 Å². The monoisotopic (exact) mass is 293 g/mol. The zero-order valence-corrected chi connectivity index (χ0v) is 13.8. The highest BCUT2D eigenvalue weighted by molar-refractivity contribution is 6.30. The van der Waals surface area contributed by atoms with Crippen molar-refractivity contribution in [2.75, 3.05) is 6.54 Å². The molecule has 1 nitrogen and oxygen atoms in total. The lowest BCUT2D eigenvalue weighted by molar-refractivity contribution is 0.181. The van der Waals surface area contributed by atoms with Gasteiger partial charge in [0.05, 0.1) is 0 Å². The Hall–Kier alpha value is -0.530. The highest BCUT2D eigenvalue weighted by Crippen LogP contribution is 2.35. The molecule has 1 aromatic carbocycles. The van der Waals surface area contributed by atoms with Gasteiger partial charge in [-0.2, -0.15) is 0 Å². The maximum Gasteiger partial charge on any atom is 0.0408 e.